The Hall–Kier alpha value is -2.97. The van der Waals surface area contributed by atoms with Gasteiger partial charge in [0.05, 0.1) is 13.2 Å². The predicted octanol–water partition coefficient (Wildman–Crippen LogP) is -0.108. The van der Waals surface area contributed by atoms with Gasteiger partial charge in [-0.1, -0.05) is 5.16 Å². The molecule has 2 rings (SSSR count). The molecule has 21 heavy (non-hydrogen) atoms. The van der Waals surface area contributed by atoms with E-state index in [-0.39, 0.29) is 29.7 Å². The number of hydrogen-bond acceptors (Lipinski definition) is 7. The molecular formula is C12H13N5O4. The van der Waals surface area contributed by atoms with E-state index in [0.29, 0.717) is 6.61 Å². The third-order valence-corrected chi connectivity index (χ3v) is 2.38. The Labute approximate surface area is 119 Å². The Kier molecular flexibility index (Phi) is 4.44. The van der Waals surface area contributed by atoms with Crippen LogP contribution in [0.1, 0.15) is 33.8 Å². The lowest BCUT2D eigenvalue weighted by atomic mass is 10.2. The zero-order valence-electron chi connectivity index (χ0n) is 11.2. The van der Waals surface area contributed by atoms with Gasteiger partial charge in [-0.15, -0.1) is 0 Å². The van der Waals surface area contributed by atoms with Gasteiger partial charge in [-0.3, -0.25) is 9.59 Å². The van der Waals surface area contributed by atoms with Crippen LogP contribution < -0.4 is 15.8 Å². The van der Waals surface area contributed by atoms with Gasteiger partial charge in [-0.05, 0) is 19.1 Å². The van der Waals surface area contributed by atoms with Gasteiger partial charge in [0.1, 0.15) is 5.56 Å². The smallest absolute Gasteiger partial charge is 0.315 e. The molecule has 0 aliphatic carbocycles. The molecule has 0 atom stereocenters. The maximum Gasteiger partial charge on any atom is 0.315 e. The predicted molar refractivity (Wildman–Crippen MR) is 69.4 cm³/mol. The van der Waals surface area contributed by atoms with Crippen molar-refractivity contribution in [1.82, 2.24) is 20.4 Å². The molecule has 0 radical (unpaired) electrons. The lowest BCUT2D eigenvalue weighted by Gasteiger charge is -2.07. The van der Waals surface area contributed by atoms with Crippen LogP contribution in [0.3, 0.4) is 0 Å². The van der Waals surface area contributed by atoms with Gasteiger partial charge in [0.15, 0.2) is 5.82 Å². The molecule has 2 heterocycles. The summed E-state index contributed by atoms with van der Waals surface area (Å²) in [6.07, 6.45) is 1.53. The molecule has 0 saturated heterocycles. The lowest BCUT2D eigenvalue weighted by molar-refractivity contribution is 0.0940. The van der Waals surface area contributed by atoms with Crippen LogP contribution in [0.25, 0.3) is 0 Å². The minimum absolute atomic E-state index is 0.0178. The number of carbonyl (C=O) groups excluding carboxylic acids is 2. The fourth-order valence-corrected chi connectivity index (χ4v) is 1.50. The van der Waals surface area contributed by atoms with Gasteiger partial charge >= 0.3 is 11.8 Å². The van der Waals surface area contributed by atoms with E-state index in [0.717, 1.165) is 0 Å². The number of pyridine rings is 1. The number of aromatic nitrogens is 3. The van der Waals surface area contributed by atoms with E-state index in [9.17, 15) is 9.59 Å². The van der Waals surface area contributed by atoms with Crippen LogP contribution in [-0.2, 0) is 6.54 Å². The highest BCUT2D eigenvalue weighted by molar-refractivity contribution is 5.96. The molecule has 3 N–H and O–H groups in total. The number of nitrogens with two attached hydrogens (primary N) is 1. The Morgan fingerprint density at radius 3 is 2.95 bits per heavy atom. The summed E-state index contributed by atoms with van der Waals surface area (Å²) in [6.45, 7) is 2.17. The van der Waals surface area contributed by atoms with Crippen molar-refractivity contribution >= 4 is 11.8 Å². The number of primary amides is 1. The van der Waals surface area contributed by atoms with Crippen molar-refractivity contribution in [3.8, 4) is 5.88 Å². The van der Waals surface area contributed by atoms with Crippen LogP contribution in [0, 0.1) is 0 Å². The van der Waals surface area contributed by atoms with Crippen molar-refractivity contribution in [3.05, 3.63) is 35.6 Å². The Morgan fingerprint density at radius 2 is 2.29 bits per heavy atom. The molecule has 9 nitrogen and oxygen atoms in total. The van der Waals surface area contributed by atoms with Crippen LogP contribution in [0.5, 0.6) is 5.88 Å². The third-order valence-electron chi connectivity index (χ3n) is 2.38. The number of nitrogens with one attached hydrogen (secondary N) is 1. The fourth-order valence-electron chi connectivity index (χ4n) is 1.50. The van der Waals surface area contributed by atoms with Gasteiger partial charge < -0.3 is 20.3 Å². The molecule has 0 unspecified atom stereocenters. The number of amides is 2. The van der Waals surface area contributed by atoms with Gasteiger partial charge in [0.2, 0.25) is 5.88 Å². The molecule has 0 bridgehead atoms. The zero-order chi connectivity index (χ0) is 15.2. The molecule has 9 heteroatoms. The summed E-state index contributed by atoms with van der Waals surface area (Å²) in [6, 6.07) is 3.20. The first-order valence-corrected chi connectivity index (χ1v) is 6.10. The molecule has 2 aromatic heterocycles. The summed E-state index contributed by atoms with van der Waals surface area (Å²) in [5.41, 5.74) is 5.27. The highest BCUT2D eigenvalue weighted by Gasteiger charge is 2.15. The van der Waals surface area contributed by atoms with Gasteiger partial charge in [-0.2, -0.15) is 4.98 Å². The monoisotopic (exact) mass is 291 g/mol. The Morgan fingerprint density at radius 1 is 1.48 bits per heavy atom. The summed E-state index contributed by atoms with van der Waals surface area (Å²) in [7, 11) is 0. The van der Waals surface area contributed by atoms with Crippen LogP contribution in [-0.4, -0.2) is 33.5 Å². The topological polar surface area (TPSA) is 133 Å². The van der Waals surface area contributed by atoms with E-state index in [1.54, 1.807) is 19.1 Å². The van der Waals surface area contributed by atoms with Crippen molar-refractivity contribution in [2.45, 2.75) is 13.5 Å². The summed E-state index contributed by atoms with van der Waals surface area (Å²) >= 11 is 0. The highest BCUT2D eigenvalue weighted by atomic mass is 16.5. The fraction of sp³-hybridized carbons (Fsp3) is 0.250. The van der Waals surface area contributed by atoms with E-state index in [2.05, 4.69) is 25.0 Å². The lowest BCUT2D eigenvalue weighted by Crippen LogP contribution is -2.24. The van der Waals surface area contributed by atoms with E-state index in [4.69, 9.17) is 10.5 Å². The maximum absolute atomic E-state index is 12.0. The third kappa shape index (κ3) is 3.53. The van der Waals surface area contributed by atoms with Gasteiger partial charge in [0.25, 0.3) is 5.91 Å². The van der Waals surface area contributed by atoms with Crippen molar-refractivity contribution in [3.63, 3.8) is 0 Å². The standard InChI is InChI=1S/C12H13N5O4/c1-2-20-11-7(4-3-5-14-11)10(19)15-6-8-16-12(9(13)18)21-17-8/h3-5H,2,6H2,1H3,(H2,13,18)(H,15,19). The first-order chi connectivity index (χ1) is 10.1. The SMILES string of the molecule is CCOc1ncccc1C(=O)NCc1noc(C(N)=O)n1. The first-order valence-electron chi connectivity index (χ1n) is 6.10. The molecule has 0 fully saturated rings. The average molecular weight is 291 g/mol. The van der Waals surface area contributed by atoms with Gasteiger partial charge in [-0.25, -0.2) is 4.98 Å². The molecule has 0 aliphatic heterocycles. The molecule has 2 amide bonds. The maximum atomic E-state index is 12.0. The van der Waals surface area contributed by atoms with Crippen LogP contribution in [0.4, 0.5) is 0 Å². The van der Waals surface area contributed by atoms with Crippen LogP contribution >= 0.6 is 0 Å². The van der Waals surface area contributed by atoms with E-state index >= 15 is 0 Å². The number of carbonyl (C=O) groups is 2. The average Bonchev–Trinajstić information content (AvgIpc) is 2.95. The molecule has 0 spiro atoms. The number of rotatable bonds is 6. The van der Waals surface area contributed by atoms with Crippen molar-refractivity contribution < 1.29 is 18.8 Å². The largest absolute Gasteiger partial charge is 0.477 e. The second kappa shape index (κ2) is 6.46. The Balaban J connectivity index is 2.02. The minimum atomic E-state index is -0.828. The number of ether oxygens (including phenoxy) is 1. The van der Waals surface area contributed by atoms with Gasteiger partial charge in [0, 0.05) is 6.20 Å². The number of hydrogen-bond donors (Lipinski definition) is 2. The second-order valence-corrected chi connectivity index (χ2v) is 3.85. The summed E-state index contributed by atoms with van der Waals surface area (Å²) < 4.78 is 9.87. The molecule has 0 aliphatic rings. The highest BCUT2D eigenvalue weighted by Crippen LogP contribution is 2.14. The van der Waals surface area contributed by atoms with E-state index < -0.39 is 11.8 Å². The van der Waals surface area contributed by atoms with Crippen molar-refractivity contribution in [1.29, 1.82) is 0 Å². The second-order valence-electron chi connectivity index (χ2n) is 3.85. The molecule has 110 valence electrons. The van der Waals surface area contributed by atoms with Crippen molar-refractivity contribution in [2.75, 3.05) is 6.61 Å². The molecular weight excluding hydrogens is 278 g/mol. The number of nitrogens with zero attached hydrogens (tertiary/aromatic N) is 3. The van der Waals surface area contributed by atoms with E-state index in [1.165, 1.54) is 6.20 Å². The molecule has 2 aromatic rings. The summed E-state index contributed by atoms with van der Waals surface area (Å²) in [5, 5.41) is 6.08. The minimum Gasteiger partial charge on any atom is -0.477 e. The summed E-state index contributed by atoms with van der Waals surface area (Å²) in [4.78, 5) is 30.5. The Bertz CT molecular complexity index is 655. The van der Waals surface area contributed by atoms with E-state index in [1.807, 2.05) is 0 Å². The normalized spacial score (nSPS) is 10.1. The quantitative estimate of drug-likeness (QED) is 0.758. The summed E-state index contributed by atoms with van der Waals surface area (Å²) in [5.74, 6) is -1.17. The first kappa shape index (κ1) is 14.4. The zero-order valence-corrected chi connectivity index (χ0v) is 11.2. The molecule has 0 saturated carbocycles. The van der Waals surface area contributed by atoms with Crippen LogP contribution in [0.2, 0.25) is 0 Å². The molecule has 0 aromatic carbocycles. The van der Waals surface area contributed by atoms with Crippen LogP contribution in [0.15, 0.2) is 22.9 Å². The van der Waals surface area contributed by atoms with Crippen molar-refractivity contribution in [2.24, 2.45) is 5.73 Å².